The predicted octanol–water partition coefficient (Wildman–Crippen LogP) is 3.54. The number of aromatic nitrogens is 4. The lowest BCUT2D eigenvalue weighted by molar-refractivity contribution is -0.142. The number of carbonyl (C=O) groups is 1. The molecule has 3 atom stereocenters. The van der Waals surface area contributed by atoms with E-state index in [0.717, 1.165) is 72.6 Å². The van der Waals surface area contributed by atoms with Gasteiger partial charge in [0, 0.05) is 29.9 Å². The molecule has 0 aliphatic carbocycles. The van der Waals surface area contributed by atoms with Crippen LogP contribution in [0.5, 0.6) is 0 Å². The Morgan fingerprint density at radius 1 is 1.18 bits per heavy atom. The quantitative estimate of drug-likeness (QED) is 0.455. The molecule has 33 heavy (non-hydrogen) atoms. The zero-order valence-corrected chi connectivity index (χ0v) is 19.6. The second-order valence-electron chi connectivity index (χ2n) is 9.54. The van der Waals surface area contributed by atoms with Crippen LogP contribution in [-0.4, -0.2) is 61.7 Å². The molecular formula is C23H30N8OS. The first-order valence-corrected chi connectivity index (χ1v) is 12.9. The number of hydrogen-bond donors (Lipinski definition) is 4. The fourth-order valence-electron chi connectivity index (χ4n) is 5.74. The summed E-state index contributed by atoms with van der Waals surface area (Å²) in [4.78, 5) is 26.0. The average Bonchev–Trinajstić information content (AvgIpc) is 3.55. The molecule has 0 radical (unpaired) electrons. The predicted molar refractivity (Wildman–Crippen MR) is 130 cm³/mol. The molecule has 6 heterocycles. The highest BCUT2D eigenvalue weighted by molar-refractivity contribution is 7.16. The highest BCUT2D eigenvalue weighted by atomic mass is 32.1. The van der Waals surface area contributed by atoms with Crippen LogP contribution in [0.2, 0.25) is 0 Å². The summed E-state index contributed by atoms with van der Waals surface area (Å²) >= 11 is 1.61. The van der Waals surface area contributed by atoms with E-state index in [2.05, 4.69) is 31.0 Å². The van der Waals surface area contributed by atoms with Crippen LogP contribution in [-0.2, 0) is 4.79 Å². The van der Waals surface area contributed by atoms with Gasteiger partial charge in [0.15, 0.2) is 5.82 Å². The molecule has 2 bridgehead atoms. The van der Waals surface area contributed by atoms with Gasteiger partial charge in [0.1, 0.15) is 10.6 Å². The summed E-state index contributed by atoms with van der Waals surface area (Å²) in [7, 11) is 0. The lowest BCUT2D eigenvalue weighted by Crippen LogP contribution is -2.60. The molecule has 1 amide bonds. The number of rotatable bonds is 5. The van der Waals surface area contributed by atoms with E-state index in [-0.39, 0.29) is 12.1 Å². The standard InChI is InChI=1S/C23H30N8OS/c1-13-10-19(30-29-13)26-20-17-7-9-33-21(17)28-23(27-20)25-14-11-15-4-2-5-16(12-14)31(15)22(32)18-6-3-8-24-18/h7,9-10,14-16,18,24H,2-6,8,11-12H2,1H3,(H3,25,26,27,28,29,30)/t14?,15?,16?,18-/m1/s1. The number of amides is 1. The maximum absolute atomic E-state index is 13.2. The van der Waals surface area contributed by atoms with Gasteiger partial charge in [-0.1, -0.05) is 0 Å². The molecule has 3 aromatic rings. The van der Waals surface area contributed by atoms with E-state index in [1.165, 1.54) is 6.42 Å². The van der Waals surface area contributed by atoms with Crippen LogP contribution in [0.4, 0.5) is 17.6 Å². The SMILES string of the molecule is Cc1cc(Nc2nc(NC3CC4CCCC(C3)N4C(=O)[C@H]3CCCN3)nc3sccc23)n[nH]1. The molecule has 6 rings (SSSR count). The second-order valence-corrected chi connectivity index (χ2v) is 10.4. The van der Waals surface area contributed by atoms with Crippen LogP contribution in [0.15, 0.2) is 17.5 Å². The Morgan fingerprint density at radius 2 is 2.03 bits per heavy atom. The summed E-state index contributed by atoms with van der Waals surface area (Å²) in [5, 5.41) is 20.6. The number of fused-ring (bicyclic) bond motifs is 3. The third-order valence-electron chi connectivity index (χ3n) is 7.20. The van der Waals surface area contributed by atoms with Gasteiger partial charge < -0.3 is 20.9 Å². The van der Waals surface area contributed by atoms with Gasteiger partial charge in [0.25, 0.3) is 0 Å². The number of carbonyl (C=O) groups excluding carboxylic acids is 1. The average molecular weight is 467 g/mol. The van der Waals surface area contributed by atoms with Crippen molar-refractivity contribution < 1.29 is 4.79 Å². The third-order valence-corrected chi connectivity index (χ3v) is 8.00. The van der Waals surface area contributed by atoms with E-state index in [4.69, 9.17) is 9.97 Å². The van der Waals surface area contributed by atoms with E-state index >= 15 is 0 Å². The molecule has 3 aliphatic rings. The summed E-state index contributed by atoms with van der Waals surface area (Å²) in [6.45, 7) is 2.93. The van der Waals surface area contributed by atoms with E-state index in [0.29, 0.717) is 23.9 Å². The first kappa shape index (κ1) is 20.9. The minimum Gasteiger partial charge on any atom is -0.351 e. The van der Waals surface area contributed by atoms with Gasteiger partial charge in [-0.25, -0.2) is 4.98 Å². The van der Waals surface area contributed by atoms with Gasteiger partial charge in [0.05, 0.1) is 11.4 Å². The molecular weight excluding hydrogens is 436 g/mol. The van der Waals surface area contributed by atoms with Gasteiger partial charge in [-0.15, -0.1) is 11.3 Å². The van der Waals surface area contributed by atoms with Gasteiger partial charge in [-0.3, -0.25) is 9.89 Å². The molecule has 3 aliphatic heterocycles. The molecule has 10 heteroatoms. The van der Waals surface area contributed by atoms with E-state index in [1.54, 1.807) is 11.3 Å². The minimum absolute atomic E-state index is 0.0153. The molecule has 9 nitrogen and oxygen atoms in total. The fourth-order valence-corrected chi connectivity index (χ4v) is 6.50. The minimum atomic E-state index is 0.0153. The van der Waals surface area contributed by atoms with Crippen molar-refractivity contribution in [3.63, 3.8) is 0 Å². The molecule has 174 valence electrons. The Hall–Kier alpha value is -2.72. The van der Waals surface area contributed by atoms with Gasteiger partial charge >= 0.3 is 0 Å². The van der Waals surface area contributed by atoms with Crippen molar-refractivity contribution in [3.8, 4) is 0 Å². The number of nitrogens with zero attached hydrogens (tertiary/aromatic N) is 4. The van der Waals surface area contributed by atoms with Crippen molar-refractivity contribution in [1.82, 2.24) is 30.4 Å². The van der Waals surface area contributed by atoms with Crippen molar-refractivity contribution >= 4 is 45.0 Å². The maximum atomic E-state index is 13.2. The molecule has 0 saturated carbocycles. The van der Waals surface area contributed by atoms with Crippen LogP contribution in [0.25, 0.3) is 10.2 Å². The summed E-state index contributed by atoms with van der Waals surface area (Å²) in [6, 6.07) is 4.89. The van der Waals surface area contributed by atoms with E-state index in [9.17, 15) is 4.79 Å². The van der Waals surface area contributed by atoms with Crippen LogP contribution < -0.4 is 16.0 Å². The van der Waals surface area contributed by atoms with Crippen molar-refractivity contribution in [2.24, 2.45) is 0 Å². The smallest absolute Gasteiger partial charge is 0.240 e. The zero-order valence-electron chi connectivity index (χ0n) is 18.8. The number of nitrogens with one attached hydrogen (secondary N) is 4. The Balaban J connectivity index is 1.21. The number of thiophene rings is 1. The lowest BCUT2D eigenvalue weighted by Gasteiger charge is -2.49. The molecule has 4 N–H and O–H groups in total. The molecule has 0 aromatic carbocycles. The molecule has 3 saturated heterocycles. The largest absolute Gasteiger partial charge is 0.351 e. The Labute approximate surface area is 196 Å². The molecule has 2 unspecified atom stereocenters. The number of H-pyrrole nitrogens is 1. The van der Waals surface area contributed by atoms with Gasteiger partial charge in [-0.2, -0.15) is 10.1 Å². The number of hydrogen-bond acceptors (Lipinski definition) is 8. The first-order valence-electron chi connectivity index (χ1n) is 12.0. The van der Waals surface area contributed by atoms with Gasteiger partial charge in [0.2, 0.25) is 11.9 Å². The number of anilines is 3. The van der Waals surface area contributed by atoms with Crippen molar-refractivity contribution in [3.05, 3.63) is 23.2 Å². The summed E-state index contributed by atoms with van der Waals surface area (Å²) < 4.78 is 0. The molecule has 3 aromatic heterocycles. The summed E-state index contributed by atoms with van der Waals surface area (Å²) in [6.07, 6.45) is 7.34. The highest BCUT2D eigenvalue weighted by Crippen LogP contribution is 2.36. The number of aromatic amines is 1. The van der Waals surface area contributed by atoms with Crippen LogP contribution in [0.1, 0.15) is 50.6 Å². The van der Waals surface area contributed by atoms with Crippen LogP contribution >= 0.6 is 11.3 Å². The van der Waals surface area contributed by atoms with E-state index < -0.39 is 0 Å². The lowest BCUT2D eigenvalue weighted by atomic mass is 9.81. The van der Waals surface area contributed by atoms with Crippen molar-refractivity contribution in [2.45, 2.75) is 76.0 Å². The molecule has 3 fully saturated rings. The van der Waals surface area contributed by atoms with E-state index in [1.807, 2.05) is 24.4 Å². The second kappa shape index (κ2) is 8.57. The normalized spacial score (nSPS) is 27.1. The topological polar surface area (TPSA) is 111 Å². The summed E-state index contributed by atoms with van der Waals surface area (Å²) in [5.41, 5.74) is 0.993. The van der Waals surface area contributed by atoms with Crippen LogP contribution in [0.3, 0.4) is 0 Å². The van der Waals surface area contributed by atoms with Crippen molar-refractivity contribution in [2.75, 3.05) is 17.2 Å². The monoisotopic (exact) mass is 466 g/mol. The highest BCUT2D eigenvalue weighted by Gasteiger charge is 2.43. The number of aryl methyl sites for hydroxylation is 1. The van der Waals surface area contributed by atoms with Crippen LogP contribution in [0, 0.1) is 6.92 Å². The Kier molecular flexibility index (Phi) is 5.41. The third kappa shape index (κ3) is 4.06. The zero-order chi connectivity index (χ0) is 22.4. The fraction of sp³-hybridized carbons (Fsp3) is 0.565. The van der Waals surface area contributed by atoms with Gasteiger partial charge in [-0.05, 0) is 69.9 Å². The first-order chi connectivity index (χ1) is 16.1. The number of piperidine rings is 2. The Bertz CT molecular complexity index is 1140. The Morgan fingerprint density at radius 3 is 2.76 bits per heavy atom. The van der Waals surface area contributed by atoms with Crippen molar-refractivity contribution in [1.29, 1.82) is 0 Å². The molecule has 0 spiro atoms. The maximum Gasteiger partial charge on any atom is 0.240 e. The summed E-state index contributed by atoms with van der Waals surface area (Å²) in [5.74, 6) is 2.46.